The number of aryl methyl sites for hydroxylation is 1. The molecule has 0 heterocycles. The minimum atomic E-state index is -0.731. The van der Waals surface area contributed by atoms with Gasteiger partial charge in [0.2, 0.25) is 5.91 Å². The summed E-state index contributed by atoms with van der Waals surface area (Å²) in [5, 5.41) is 3.41. The summed E-state index contributed by atoms with van der Waals surface area (Å²) >= 11 is 6.07. The lowest BCUT2D eigenvalue weighted by Crippen LogP contribution is -2.52. The monoisotopic (exact) mass is 302 g/mol. The molecule has 1 aliphatic rings. The van der Waals surface area contributed by atoms with Crippen LogP contribution in [0.25, 0.3) is 0 Å². The number of hydrogen-bond acceptors (Lipinski definition) is 2. The van der Waals surface area contributed by atoms with Gasteiger partial charge in [-0.1, -0.05) is 36.9 Å². The molecule has 0 atom stereocenters. The highest BCUT2D eigenvalue weighted by atomic mass is 35.5. The Labute approximate surface area is 125 Å². The van der Waals surface area contributed by atoms with Gasteiger partial charge in [0.25, 0.3) is 0 Å². The number of carbonyl (C=O) groups is 1. The number of halogens is 2. The molecule has 0 aromatic heterocycles. The van der Waals surface area contributed by atoms with Crippen molar-refractivity contribution < 1.29 is 4.79 Å². The second-order valence-corrected chi connectivity index (χ2v) is 5.56. The van der Waals surface area contributed by atoms with E-state index < -0.39 is 5.54 Å². The smallest absolute Gasteiger partial charge is 0.244 e. The maximum Gasteiger partial charge on any atom is 0.244 e. The van der Waals surface area contributed by atoms with E-state index in [2.05, 4.69) is 5.32 Å². The maximum atomic E-state index is 12.3. The van der Waals surface area contributed by atoms with Crippen molar-refractivity contribution in [2.75, 3.05) is 5.32 Å². The molecule has 0 unspecified atom stereocenters. The summed E-state index contributed by atoms with van der Waals surface area (Å²) in [6.45, 7) is 1.96. The number of anilines is 1. The van der Waals surface area contributed by atoms with Crippen LogP contribution in [0.15, 0.2) is 18.2 Å². The van der Waals surface area contributed by atoms with E-state index in [4.69, 9.17) is 17.3 Å². The number of hydrogen-bond donors (Lipinski definition) is 2. The molecule has 1 aromatic carbocycles. The SMILES string of the molecule is Cc1ccc(Cl)c(NC(=O)C2(N)CCCCC2)c1.Cl. The normalized spacial score (nSPS) is 17.4. The lowest BCUT2D eigenvalue weighted by atomic mass is 9.82. The van der Waals surface area contributed by atoms with Crippen LogP contribution in [0.1, 0.15) is 37.7 Å². The molecule has 1 fully saturated rings. The molecule has 0 radical (unpaired) electrons. The molecular formula is C14H20Cl2N2O. The van der Waals surface area contributed by atoms with E-state index in [9.17, 15) is 4.79 Å². The van der Waals surface area contributed by atoms with E-state index in [-0.39, 0.29) is 18.3 Å². The van der Waals surface area contributed by atoms with Gasteiger partial charge >= 0.3 is 0 Å². The Morgan fingerprint density at radius 2 is 1.95 bits per heavy atom. The molecule has 3 N–H and O–H groups in total. The molecule has 2 rings (SSSR count). The van der Waals surface area contributed by atoms with Crippen LogP contribution < -0.4 is 11.1 Å². The fraction of sp³-hybridized carbons (Fsp3) is 0.500. The summed E-state index contributed by atoms with van der Waals surface area (Å²) in [6.07, 6.45) is 4.71. The molecule has 106 valence electrons. The van der Waals surface area contributed by atoms with Gasteiger partial charge in [-0.15, -0.1) is 12.4 Å². The number of nitrogens with two attached hydrogens (primary N) is 1. The Hall–Kier alpha value is -0.770. The zero-order valence-electron chi connectivity index (χ0n) is 11.0. The van der Waals surface area contributed by atoms with Crippen molar-refractivity contribution in [1.82, 2.24) is 0 Å². The molecule has 5 heteroatoms. The van der Waals surface area contributed by atoms with E-state index in [0.29, 0.717) is 10.7 Å². The highest BCUT2D eigenvalue weighted by Gasteiger charge is 2.35. The number of amides is 1. The Kier molecular flexibility index (Phi) is 5.65. The summed E-state index contributed by atoms with van der Waals surface area (Å²) < 4.78 is 0. The first-order valence-corrected chi connectivity index (χ1v) is 6.75. The zero-order chi connectivity index (χ0) is 13.2. The van der Waals surface area contributed by atoms with Gasteiger partial charge in [0.05, 0.1) is 16.2 Å². The highest BCUT2D eigenvalue weighted by Crippen LogP contribution is 2.29. The van der Waals surface area contributed by atoms with Gasteiger partial charge in [0.15, 0.2) is 0 Å². The van der Waals surface area contributed by atoms with E-state index in [0.717, 1.165) is 37.7 Å². The van der Waals surface area contributed by atoms with Crippen LogP contribution in [0.4, 0.5) is 5.69 Å². The molecule has 3 nitrogen and oxygen atoms in total. The Balaban J connectivity index is 0.00000180. The van der Waals surface area contributed by atoms with Crippen LogP contribution in [0, 0.1) is 6.92 Å². The summed E-state index contributed by atoms with van der Waals surface area (Å²) in [6, 6.07) is 5.57. The predicted molar refractivity (Wildman–Crippen MR) is 82.1 cm³/mol. The number of benzene rings is 1. The van der Waals surface area contributed by atoms with Crippen molar-refractivity contribution in [3.05, 3.63) is 28.8 Å². The summed E-state index contributed by atoms with van der Waals surface area (Å²) in [5.74, 6) is -0.116. The van der Waals surface area contributed by atoms with Crippen molar-refractivity contribution in [2.45, 2.75) is 44.6 Å². The summed E-state index contributed by atoms with van der Waals surface area (Å²) in [4.78, 5) is 12.3. The van der Waals surface area contributed by atoms with E-state index in [1.807, 2.05) is 19.1 Å². The fourth-order valence-electron chi connectivity index (χ4n) is 2.39. The zero-order valence-corrected chi connectivity index (χ0v) is 12.6. The topological polar surface area (TPSA) is 55.1 Å². The van der Waals surface area contributed by atoms with Crippen molar-refractivity contribution in [2.24, 2.45) is 5.73 Å². The van der Waals surface area contributed by atoms with Crippen molar-refractivity contribution >= 4 is 35.6 Å². The van der Waals surface area contributed by atoms with Crippen molar-refractivity contribution in [3.8, 4) is 0 Å². The average molecular weight is 303 g/mol. The lowest BCUT2D eigenvalue weighted by Gasteiger charge is -2.31. The summed E-state index contributed by atoms with van der Waals surface area (Å²) in [5.41, 5.74) is 7.16. The van der Waals surface area contributed by atoms with Gasteiger partial charge in [0.1, 0.15) is 0 Å². The quantitative estimate of drug-likeness (QED) is 0.876. The third-order valence-corrected chi connectivity index (χ3v) is 3.90. The molecule has 0 saturated heterocycles. The van der Waals surface area contributed by atoms with Gasteiger partial charge in [-0.05, 0) is 37.5 Å². The van der Waals surface area contributed by atoms with Crippen molar-refractivity contribution in [1.29, 1.82) is 0 Å². The molecule has 19 heavy (non-hydrogen) atoms. The number of nitrogens with one attached hydrogen (secondary N) is 1. The average Bonchev–Trinajstić information content (AvgIpc) is 2.35. The summed E-state index contributed by atoms with van der Waals surface area (Å²) in [7, 11) is 0. The number of rotatable bonds is 2. The van der Waals surface area contributed by atoms with Gasteiger partial charge in [-0.2, -0.15) is 0 Å². The minimum Gasteiger partial charge on any atom is -0.323 e. The molecular weight excluding hydrogens is 283 g/mol. The highest BCUT2D eigenvalue weighted by molar-refractivity contribution is 6.33. The molecule has 1 amide bonds. The molecule has 1 aromatic rings. The predicted octanol–water partition coefficient (Wildman–Crippen LogP) is 3.67. The molecule has 0 bridgehead atoms. The van der Waals surface area contributed by atoms with Gasteiger partial charge in [0, 0.05) is 0 Å². The Morgan fingerprint density at radius 1 is 1.32 bits per heavy atom. The number of carbonyl (C=O) groups excluding carboxylic acids is 1. The van der Waals surface area contributed by atoms with Crippen LogP contribution in [-0.2, 0) is 4.79 Å². The maximum absolute atomic E-state index is 12.3. The molecule has 0 aliphatic heterocycles. The third-order valence-electron chi connectivity index (χ3n) is 3.57. The van der Waals surface area contributed by atoms with Gasteiger partial charge in [-0.3, -0.25) is 4.79 Å². The Morgan fingerprint density at radius 3 is 2.58 bits per heavy atom. The minimum absolute atomic E-state index is 0. The molecule has 1 aliphatic carbocycles. The first kappa shape index (κ1) is 16.3. The largest absolute Gasteiger partial charge is 0.323 e. The fourth-order valence-corrected chi connectivity index (χ4v) is 2.56. The van der Waals surface area contributed by atoms with Crippen LogP contribution >= 0.6 is 24.0 Å². The van der Waals surface area contributed by atoms with E-state index in [1.165, 1.54) is 0 Å². The van der Waals surface area contributed by atoms with Crippen LogP contribution in [0.2, 0.25) is 5.02 Å². The van der Waals surface area contributed by atoms with Crippen LogP contribution in [0.5, 0.6) is 0 Å². The van der Waals surface area contributed by atoms with Gasteiger partial charge < -0.3 is 11.1 Å². The van der Waals surface area contributed by atoms with E-state index in [1.54, 1.807) is 6.07 Å². The first-order chi connectivity index (χ1) is 8.51. The standard InChI is InChI=1S/C14H19ClN2O.ClH/c1-10-5-6-11(15)12(9-10)17-13(18)14(16)7-3-2-4-8-14;/h5-6,9H,2-4,7-8,16H2,1H3,(H,17,18);1H. The molecule has 0 spiro atoms. The van der Waals surface area contributed by atoms with Gasteiger partial charge in [-0.25, -0.2) is 0 Å². The second-order valence-electron chi connectivity index (χ2n) is 5.15. The Bertz CT molecular complexity index is 457. The van der Waals surface area contributed by atoms with Crippen LogP contribution in [0.3, 0.4) is 0 Å². The second kappa shape index (κ2) is 6.60. The van der Waals surface area contributed by atoms with Crippen molar-refractivity contribution in [3.63, 3.8) is 0 Å². The van der Waals surface area contributed by atoms with E-state index >= 15 is 0 Å². The van der Waals surface area contributed by atoms with Crippen LogP contribution in [-0.4, -0.2) is 11.4 Å². The lowest BCUT2D eigenvalue weighted by molar-refractivity contribution is -0.122. The first-order valence-electron chi connectivity index (χ1n) is 6.38. The molecule has 1 saturated carbocycles. The third kappa shape index (κ3) is 3.85.